The zero-order chi connectivity index (χ0) is 24.5. The van der Waals surface area contributed by atoms with Crippen LogP contribution in [0.25, 0.3) is 10.9 Å². The number of aromatic nitrogens is 3. The lowest BCUT2D eigenvalue weighted by molar-refractivity contribution is 0.198. The maximum Gasteiger partial charge on any atom is 0.421 e. The number of rotatable bonds is 6. The van der Waals surface area contributed by atoms with Gasteiger partial charge in [0.15, 0.2) is 11.6 Å². The molecule has 10 nitrogen and oxygen atoms in total. The van der Waals surface area contributed by atoms with E-state index in [2.05, 4.69) is 42.5 Å². The Morgan fingerprint density at radius 3 is 2.97 bits per heavy atom. The molecule has 11 heteroatoms. The monoisotopic (exact) mass is 492 g/mol. The third-order valence-electron chi connectivity index (χ3n) is 5.87. The van der Waals surface area contributed by atoms with Crippen LogP contribution < -0.4 is 31.1 Å². The predicted molar refractivity (Wildman–Crippen MR) is 137 cm³/mol. The van der Waals surface area contributed by atoms with E-state index in [1.807, 2.05) is 12.1 Å². The molecule has 3 aromatic rings. The van der Waals surface area contributed by atoms with Gasteiger partial charge in [-0.15, -0.1) is 9.24 Å². The quantitative estimate of drug-likeness (QED) is 0.398. The standard InChI is InChI=1S/C24H25N6O4P/c1-14-13-33-23-22(27-14)28-19(11-26-23)30-12-16(34-24(30)32)10-25-9-3-4-17-18(35)7-5-15-6-8-20(31)29(2)21(15)17/h5-8,10-11,25H,1,3-4,9,12-13,35H2,2H3,(H,27,28)/b16-10-. The average Bonchev–Trinajstić information content (AvgIpc) is 3.22. The fraction of sp³-hybridized carbons (Fsp3) is 0.250. The molecule has 35 heavy (non-hydrogen) atoms. The number of hydrogen-bond donors (Lipinski definition) is 2. The number of carbonyl (C=O) groups excluding carboxylic acids is 1. The van der Waals surface area contributed by atoms with Gasteiger partial charge in [-0.3, -0.25) is 9.69 Å². The fourth-order valence-electron chi connectivity index (χ4n) is 4.11. The summed E-state index contributed by atoms with van der Waals surface area (Å²) in [6, 6.07) is 7.53. The van der Waals surface area contributed by atoms with Gasteiger partial charge in [0.05, 0.1) is 18.3 Å². The minimum Gasteiger partial charge on any atom is -0.469 e. The summed E-state index contributed by atoms with van der Waals surface area (Å²) in [5.41, 5.74) is 2.73. The highest BCUT2D eigenvalue weighted by atomic mass is 31.0. The molecule has 0 saturated carbocycles. The Bertz CT molecular complexity index is 1430. The minimum absolute atomic E-state index is 0.0262. The van der Waals surface area contributed by atoms with Crippen LogP contribution in [0.5, 0.6) is 5.88 Å². The molecule has 5 rings (SSSR count). The number of ether oxygens (including phenoxy) is 2. The molecule has 4 heterocycles. The Kier molecular flexibility index (Phi) is 6.13. The van der Waals surface area contributed by atoms with Crippen LogP contribution in [-0.2, 0) is 18.2 Å². The number of pyridine rings is 1. The maximum atomic E-state index is 12.4. The molecular weight excluding hydrogens is 467 g/mol. The van der Waals surface area contributed by atoms with Gasteiger partial charge in [-0.2, -0.15) is 0 Å². The summed E-state index contributed by atoms with van der Waals surface area (Å²) in [7, 11) is 4.56. The number of hydrogen-bond acceptors (Lipinski definition) is 8. The highest BCUT2D eigenvalue weighted by Crippen LogP contribution is 2.29. The molecule has 1 saturated heterocycles. The van der Waals surface area contributed by atoms with Crippen molar-refractivity contribution in [3.8, 4) is 5.88 Å². The Morgan fingerprint density at radius 2 is 2.11 bits per heavy atom. The summed E-state index contributed by atoms with van der Waals surface area (Å²) in [6.07, 6.45) is 4.28. The lowest BCUT2D eigenvalue weighted by atomic mass is 10.0. The van der Waals surface area contributed by atoms with E-state index in [4.69, 9.17) is 9.47 Å². The molecule has 0 radical (unpaired) electrons. The van der Waals surface area contributed by atoms with E-state index in [0.717, 1.165) is 34.6 Å². The highest BCUT2D eigenvalue weighted by molar-refractivity contribution is 7.27. The molecule has 0 bridgehead atoms. The van der Waals surface area contributed by atoms with Gasteiger partial charge in [-0.25, -0.2) is 14.8 Å². The third kappa shape index (κ3) is 4.57. The van der Waals surface area contributed by atoms with Gasteiger partial charge < -0.3 is 24.7 Å². The molecule has 1 fully saturated rings. The number of carbonyl (C=O) groups is 1. The van der Waals surface area contributed by atoms with Gasteiger partial charge in [0.2, 0.25) is 0 Å². The van der Waals surface area contributed by atoms with Gasteiger partial charge in [-0.1, -0.05) is 18.7 Å². The third-order valence-corrected chi connectivity index (χ3v) is 6.41. The molecule has 2 aliphatic heterocycles. The smallest absolute Gasteiger partial charge is 0.421 e. The highest BCUT2D eigenvalue weighted by Gasteiger charge is 2.30. The summed E-state index contributed by atoms with van der Waals surface area (Å²) in [5, 5.41) is 8.35. The first-order valence-electron chi connectivity index (χ1n) is 11.1. The molecule has 2 aliphatic rings. The van der Waals surface area contributed by atoms with E-state index in [-0.39, 0.29) is 12.1 Å². The first-order valence-corrected chi connectivity index (χ1v) is 11.7. The number of cyclic esters (lactones) is 1. The number of fused-ring (bicyclic) bond motifs is 2. The van der Waals surface area contributed by atoms with Gasteiger partial charge in [0.1, 0.15) is 12.4 Å². The van der Waals surface area contributed by atoms with Crippen LogP contribution in [0.3, 0.4) is 0 Å². The Morgan fingerprint density at radius 1 is 1.29 bits per heavy atom. The van der Waals surface area contributed by atoms with E-state index in [1.54, 1.807) is 23.9 Å². The number of nitrogens with one attached hydrogen (secondary N) is 2. The van der Waals surface area contributed by atoms with Crippen molar-refractivity contribution in [2.75, 3.05) is 29.9 Å². The maximum absolute atomic E-state index is 12.4. The summed E-state index contributed by atoms with van der Waals surface area (Å²) in [5.74, 6) is 1.63. The molecule has 0 aliphatic carbocycles. The molecular formula is C24H25N6O4P. The van der Waals surface area contributed by atoms with Crippen molar-refractivity contribution < 1.29 is 14.3 Å². The average molecular weight is 492 g/mol. The number of aryl methyl sites for hydroxylation is 2. The number of nitrogens with zero attached hydrogens (tertiary/aromatic N) is 4. The van der Waals surface area contributed by atoms with E-state index >= 15 is 0 Å². The van der Waals surface area contributed by atoms with Crippen LogP contribution in [-0.4, -0.2) is 40.3 Å². The molecule has 0 spiro atoms. The predicted octanol–water partition coefficient (Wildman–Crippen LogP) is 2.17. The molecule has 1 atom stereocenters. The minimum atomic E-state index is -0.521. The zero-order valence-electron chi connectivity index (χ0n) is 19.2. The Labute approximate surface area is 203 Å². The van der Waals surface area contributed by atoms with Crippen LogP contribution in [0.15, 0.2) is 59.5 Å². The Balaban J connectivity index is 1.20. The van der Waals surface area contributed by atoms with Crippen molar-refractivity contribution in [3.63, 3.8) is 0 Å². The lowest BCUT2D eigenvalue weighted by Crippen LogP contribution is -2.26. The summed E-state index contributed by atoms with van der Waals surface area (Å²) < 4.78 is 12.5. The summed E-state index contributed by atoms with van der Waals surface area (Å²) >= 11 is 0. The van der Waals surface area contributed by atoms with E-state index in [9.17, 15) is 9.59 Å². The summed E-state index contributed by atoms with van der Waals surface area (Å²) in [6.45, 7) is 5.05. The second kappa shape index (κ2) is 9.38. The van der Waals surface area contributed by atoms with Crippen molar-refractivity contribution in [3.05, 3.63) is 70.6 Å². The molecule has 2 N–H and O–H groups in total. The first-order chi connectivity index (χ1) is 16.9. The van der Waals surface area contributed by atoms with Gasteiger partial charge in [0, 0.05) is 31.6 Å². The van der Waals surface area contributed by atoms with Gasteiger partial charge in [-0.05, 0) is 35.2 Å². The normalized spacial score (nSPS) is 16.2. The molecule has 2 aromatic heterocycles. The van der Waals surface area contributed by atoms with Crippen molar-refractivity contribution in [2.45, 2.75) is 12.8 Å². The first kappa shape index (κ1) is 22.9. The SMILES string of the molecule is C=C1COc2ncc(N3C/C(=C/NCCCc4c(P)ccc5ccc(=O)n(C)c45)OC3=O)nc2N1. The van der Waals surface area contributed by atoms with Crippen molar-refractivity contribution in [2.24, 2.45) is 7.05 Å². The van der Waals surface area contributed by atoms with Crippen LogP contribution in [0.2, 0.25) is 0 Å². The molecule has 1 aromatic carbocycles. The van der Waals surface area contributed by atoms with Gasteiger partial charge in [0.25, 0.3) is 11.4 Å². The summed E-state index contributed by atoms with van der Waals surface area (Å²) in [4.78, 5) is 34.5. The lowest BCUT2D eigenvalue weighted by Gasteiger charge is -2.20. The van der Waals surface area contributed by atoms with Crippen molar-refractivity contribution >= 4 is 43.2 Å². The number of anilines is 2. The second-order valence-electron chi connectivity index (χ2n) is 8.32. The number of benzene rings is 1. The molecule has 1 unspecified atom stereocenters. The van der Waals surface area contributed by atoms with Crippen LogP contribution in [0.4, 0.5) is 16.4 Å². The molecule has 180 valence electrons. The second-order valence-corrected chi connectivity index (χ2v) is 8.95. The fourth-order valence-corrected chi connectivity index (χ4v) is 4.49. The van der Waals surface area contributed by atoms with Crippen LogP contribution in [0, 0.1) is 0 Å². The van der Waals surface area contributed by atoms with Crippen molar-refractivity contribution in [1.29, 1.82) is 0 Å². The number of amides is 1. The van der Waals surface area contributed by atoms with E-state index in [0.29, 0.717) is 42.1 Å². The zero-order valence-corrected chi connectivity index (χ0v) is 20.4. The van der Waals surface area contributed by atoms with E-state index in [1.165, 1.54) is 11.1 Å². The Hall–Kier alpha value is -3.91. The topological polar surface area (TPSA) is 111 Å². The van der Waals surface area contributed by atoms with Crippen molar-refractivity contribution in [1.82, 2.24) is 19.9 Å². The molecule has 1 amide bonds. The van der Waals surface area contributed by atoms with E-state index < -0.39 is 6.09 Å². The largest absolute Gasteiger partial charge is 0.469 e. The van der Waals surface area contributed by atoms with Gasteiger partial charge >= 0.3 is 6.09 Å². The van der Waals surface area contributed by atoms with Crippen LogP contribution >= 0.6 is 9.24 Å². The van der Waals surface area contributed by atoms with Crippen LogP contribution in [0.1, 0.15) is 12.0 Å².